The number of halogens is 3. The van der Waals surface area contributed by atoms with Crippen LogP contribution in [-0.4, -0.2) is 13.2 Å². The standard InChI is InChI=1S/C8H7F2NO.ClH/c9-5-1-2-6(10)8-7(5)11-3-4-12-8;/h1-2,11H,3-4H2;1H. The van der Waals surface area contributed by atoms with Crippen molar-refractivity contribution in [2.24, 2.45) is 0 Å². The minimum Gasteiger partial charge on any atom is -0.486 e. The summed E-state index contributed by atoms with van der Waals surface area (Å²) < 4.78 is 30.8. The molecule has 0 saturated heterocycles. The third-order valence-corrected chi connectivity index (χ3v) is 1.71. The van der Waals surface area contributed by atoms with Gasteiger partial charge in [-0.15, -0.1) is 12.4 Å². The van der Waals surface area contributed by atoms with Crippen molar-refractivity contribution < 1.29 is 13.5 Å². The van der Waals surface area contributed by atoms with Crippen molar-refractivity contribution in [1.82, 2.24) is 0 Å². The van der Waals surface area contributed by atoms with Gasteiger partial charge >= 0.3 is 0 Å². The van der Waals surface area contributed by atoms with Crippen molar-refractivity contribution in [3.63, 3.8) is 0 Å². The molecule has 0 amide bonds. The van der Waals surface area contributed by atoms with Gasteiger partial charge in [0.2, 0.25) is 0 Å². The zero-order valence-electron chi connectivity index (χ0n) is 6.64. The highest BCUT2D eigenvalue weighted by atomic mass is 35.5. The van der Waals surface area contributed by atoms with Crippen LogP contribution in [0.1, 0.15) is 0 Å². The Labute approximate surface area is 80.3 Å². The number of hydrogen-bond donors (Lipinski definition) is 1. The van der Waals surface area contributed by atoms with Gasteiger partial charge in [0, 0.05) is 6.54 Å². The van der Waals surface area contributed by atoms with Crippen LogP contribution in [0.4, 0.5) is 14.5 Å². The first-order valence-corrected chi connectivity index (χ1v) is 3.64. The molecule has 5 heteroatoms. The van der Waals surface area contributed by atoms with Gasteiger partial charge in [-0.2, -0.15) is 0 Å². The predicted octanol–water partition coefficient (Wildman–Crippen LogP) is 2.19. The van der Waals surface area contributed by atoms with Crippen LogP contribution in [0.25, 0.3) is 0 Å². The van der Waals surface area contributed by atoms with E-state index < -0.39 is 11.6 Å². The van der Waals surface area contributed by atoms with Crippen LogP contribution in [0.15, 0.2) is 12.1 Å². The highest BCUT2D eigenvalue weighted by Crippen LogP contribution is 2.32. The molecule has 0 saturated carbocycles. The maximum atomic E-state index is 12.9. The summed E-state index contributed by atoms with van der Waals surface area (Å²) in [5.41, 5.74) is 0.126. The van der Waals surface area contributed by atoms with Crippen LogP contribution in [0, 0.1) is 11.6 Å². The Kier molecular flexibility index (Phi) is 2.93. The SMILES string of the molecule is Cl.Fc1ccc(F)c2c1NCCO2. The molecule has 1 aromatic carbocycles. The first kappa shape index (κ1) is 10.1. The number of rotatable bonds is 0. The average molecular weight is 208 g/mol. The molecule has 1 aliphatic heterocycles. The molecule has 13 heavy (non-hydrogen) atoms. The van der Waals surface area contributed by atoms with Gasteiger partial charge in [-0.25, -0.2) is 8.78 Å². The smallest absolute Gasteiger partial charge is 0.181 e. The number of hydrogen-bond acceptors (Lipinski definition) is 2. The second-order valence-electron chi connectivity index (χ2n) is 2.51. The topological polar surface area (TPSA) is 21.3 Å². The van der Waals surface area contributed by atoms with Crippen LogP contribution in [-0.2, 0) is 0 Å². The molecule has 0 radical (unpaired) electrons. The average Bonchev–Trinajstić information content (AvgIpc) is 2.12. The van der Waals surface area contributed by atoms with E-state index in [-0.39, 0.29) is 23.8 Å². The van der Waals surface area contributed by atoms with Gasteiger partial charge in [-0.05, 0) is 12.1 Å². The Morgan fingerprint density at radius 3 is 2.62 bits per heavy atom. The van der Waals surface area contributed by atoms with Crippen molar-refractivity contribution in [2.45, 2.75) is 0 Å². The fourth-order valence-corrected chi connectivity index (χ4v) is 1.17. The lowest BCUT2D eigenvalue weighted by molar-refractivity contribution is 0.303. The van der Waals surface area contributed by atoms with Gasteiger partial charge in [0.05, 0.1) is 0 Å². The molecule has 0 aromatic heterocycles. The summed E-state index contributed by atoms with van der Waals surface area (Å²) in [4.78, 5) is 0. The normalized spacial score (nSPS) is 13.4. The van der Waals surface area contributed by atoms with E-state index in [4.69, 9.17) is 4.74 Å². The van der Waals surface area contributed by atoms with E-state index in [1.165, 1.54) is 0 Å². The van der Waals surface area contributed by atoms with E-state index in [0.717, 1.165) is 12.1 Å². The van der Waals surface area contributed by atoms with Crippen molar-refractivity contribution >= 4 is 18.1 Å². The largest absolute Gasteiger partial charge is 0.486 e. The molecule has 0 atom stereocenters. The molecule has 1 heterocycles. The number of fused-ring (bicyclic) bond motifs is 1. The zero-order valence-corrected chi connectivity index (χ0v) is 7.46. The number of ether oxygens (including phenoxy) is 1. The van der Waals surface area contributed by atoms with Crippen molar-refractivity contribution in [2.75, 3.05) is 18.5 Å². The molecule has 0 spiro atoms. The highest BCUT2D eigenvalue weighted by molar-refractivity contribution is 5.85. The van der Waals surface area contributed by atoms with Crippen LogP contribution in [0.2, 0.25) is 0 Å². The first-order valence-electron chi connectivity index (χ1n) is 3.64. The lowest BCUT2D eigenvalue weighted by Gasteiger charge is -2.19. The predicted molar refractivity (Wildman–Crippen MR) is 47.6 cm³/mol. The van der Waals surface area contributed by atoms with Gasteiger partial charge in [0.1, 0.15) is 18.1 Å². The first-order chi connectivity index (χ1) is 5.79. The van der Waals surface area contributed by atoms with Crippen LogP contribution in [0.3, 0.4) is 0 Å². The van der Waals surface area contributed by atoms with Gasteiger partial charge in [0.15, 0.2) is 11.6 Å². The van der Waals surface area contributed by atoms with E-state index in [0.29, 0.717) is 13.2 Å². The van der Waals surface area contributed by atoms with Crippen LogP contribution >= 0.6 is 12.4 Å². The van der Waals surface area contributed by atoms with Gasteiger partial charge in [-0.3, -0.25) is 0 Å². The molecule has 0 aliphatic carbocycles. The Hall–Kier alpha value is -1.03. The van der Waals surface area contributed by atoms with Crippen molar-refractivity contribution in [1.29, 1.82) is 0 Å². The molecule has 0 bridgehead atoms. The Morgan fingerprint density at radius 1 is 1.23 bits per heavy atom. The molecule has 0 fully saturated rings. The maximum absolute atomic E-state index is 12.9. The third kappa shape index (κ3) is 1.67. The summed E-state index contributed by atoms with van der Waals surface area (Å²) in [6.45, 7) is 0.876. The maximum Gasteiger partial charge on any atom is 0.181 e. The third-order valence-electron chi connectivity index (χ3n) is 1.71. The van der Waals surface area contributed by atoms with Gasteiger partial charge < -0.3 is 10.1 Å². The fourth-order valence-electron chi connectivity index (χ4n) is 1.17. The van der Waals surface area contributed by atoms with E-state index in [2.05, 4.69) is 5.32 Å². The monoisotopic (exact) mass is 207 g/mol. The second kappa shape index (κ2) is 3.79. The molecule has 0 unspecified atom stereocenters. The Balaban J connectivity index is 0.000000845. The minimum absolute atomic E-state index is 0. The molecule has 1 aromatic rings. The van der Waals surface area contributed by atoms with E-state index in [9.17, 15) is 8.78 Å². The summed E-state index contributed by atoms with van der Waals surface area (Å²) in [6.07, 6.45) is 0. The fraction of sp³-hybridized carbons (Fsp3) is 0.250. The van der Waals surface area contributed by atoms with Gasteiger partial charge in [-0.1, -0.05) is 0 Å². The molecule has 2 nitrogen and oxygen atoms in total. The lowest BCUT2D eigenvalue weighted by atomic mass is 10.2. The summed E-state index contributed by atoms with van der Waals surface area (Å²) in [5.74, 6) is -1.02. The van der Waals surface area contributed by atoms with E-state index in [1.807, 2.05) is 0 Å². The summed E-state index contributed by atoms with van der Waals surface area (Å²) >= 11 is 0. The highest BCUT2D eigenvalue weighted by Gasteiger charge is 2.17. The number of anilines is 1. The number of nitrogens with one attached hydrogen (secondary N) is 1. The Morgan fingerprint density at radius 2 is 1.92 bits per heavy atom. The van der Waals surface area contributed by atoms with Crippen molar-refractivity contribution in [3.8, 4) is 5.75 Å². The minimum atomic E-state index is -0.529. The molecule has 1 aliphatic rings. The van der Waals surface area contributed by atoms with Crippen molar-refractivity contribution in [3.05, 3.63) is 23.8 Å². The quantitative estimate of drug-likeness (QED) is 0.704. The molecule has 1 N–H and O–H groups in total. The molecular weight excluding hydrogens is 200 g/mol. The molecule has 2 rings (SSSR count). The summed E-state index contributed by atoms with van der Waals surface area (Å²) in [6, 6.07) is 2.14. The second-order valence-corrected chi connectivity index (χ2v) is 2.51. The molecule has 72 valence electrons. The summed E-state index contributed by atoms with van der Waals surface area (Å²) in [5, 5.41) is 2.73. The zero-order chi connectivity index (χ0) is 8.55. The summed E-state index contributed by atoms with van der Waals surface area (Å²) in [7, 11) is 0. The van der Waals surface area contributed by atoms with E-state index >= 15 is 0 Å². The van der Waals surface area contributed by atoms with Gasteiger partial charge in [0.25, 0.3) is 0 Å². The van der Waals surface area contributed by atoms with Crippen LogP contribution in [0.5, 0.6) is 5.75 Å². The van der Waals surface area contributed by atoms with E-state index in [1.54, 1.807) is 0 Å². The number of benzene rings is 1. The Bertz CT molecular complexity index is 288. The lowest BCUT2D eigenvalue weighted by Crippen LogP contribution is -2.19. The molecular formula is C8H8ClF2NO. The van der Waals surface area contributed by atoms with Crippen LogP contribution < -0.4 is 10.1 Å².